The number of hydrogen-bond donors (Lipinski definition) is 3. The SMILES string of the molecule is COc1ccc2c(c1)OC1(CCN(C[C@H](O)c3c(C)[nH]c4cc(C)ccc34)CC1)C[C@@H]2O. The first-order valence-corrected chi connectivity index (χ1v) is 11.4. The summed E-state index contributed by atoms with van der Waals surface area (Å²) >= 11 is 0. The largest absolute Gasteiger partial charge is 0.497 e. The van der Waals surface area contributed by atoms with Crippen molar-refractivity contribution >= 4 is 10.9 Å². The lowest BCUT2D eigenvalue weighted by atomic mass is 9.81. The molecule has 0 saturated carbocycles. The number of β-amino-alcohol motifs (C(OH)–C–C–N with tert-alkyl or cyclic N) is 1. The van der Waals surface area contributed by atoms with Gasteiger partial charge < -0.3 is 29.6 Å². The van der Waals surface area contributed by atoms with Gasteiger partial charge in [-0.1, -0.05) is 12.1 Å². The Morgan fingerprint density at radius 2 is 1.97 bits per heavy atom. The monoisotopic (exact) mass is 436 g/mol. The van der Waals surface area contributed by atoms with Crippen LogP contribution in [-0.2, 0) is 0 Å². The van der Waals surface area contributed by atoms with E-state index in [0.29, 0.717) is 13.0 Å². The number of aliphatic hydroxyl groups is 2. The van der Waals surface area contributed by atoms with E-state index in [2.05, 4.69) is 35.0 Å². The highest BCUT2D eigenvalue weighted by Crippen LogP contribution is 2.45. The van der Waals surface area contributed by atoms with E-state index in [9.17, 15) is 10.2 Å². The van der Waals surface area contributed by atoms with Crippen molar-refractivity contribution in [2.75, 3.05) is 26.7 Å². The molecule has 0 bridgehead atoms. The summed E-state index contributed by atoms with van der Waals surface area (Å²) in [5, 5.41) is 22.9. The molecule has 2 atom stereocenters. The number of H-pyrrole nitrogens is 1. The van der Waals surface area contributed by atoms with Crippen LogP contribution in [0.15, 0.2) is 36.4 Å². The molecule has 1 aromatic heterocycles. The minimum Gasteiger partial charge on any atom is -0.497 e. The third kappa shape index (κ3) is 3.76. The lowest BCUT2D eigenvalue weighted by molar-refractivity contribution is -0.0588. The predicted octanol–water partition coefficient (Wildman–Crippen LogP) is 4.18. The summed E-state index contributed by atoms with van der Waals surface area (Å²) in [6, 6.07) is 11.9. The number of aromatic nitrogens is 1. The second-order valence-corrected chi connectivity index (χ2v) is 9.44. The molecule has 0 unspecified atom stereocenters. The molecule has 1 spiro atoms. The Balaban J connectivity index is 1.28. The first-order valence-electron chi connectivity index (χ1n) is 11.4. The molecular formula is C26H32N2O4. The maximum absolute atomic E-state index is 11.1. The van der Waals surface area contributed by atoms with E-state index in [4.69, 9.17) is 9.47 Å². The van der Waals surface area contributed by atoms with Crippen LogP contribution in [0.5, 0.6) is 11.5 Å². The topological polar surface area (TPSA) is 78.0 Å². The van der Waals surface area contributed by atoms with Crippen molar-refractivity contribution in [1.29, 1.82) is 0 Å². The maximum Gasteiger partial charge on any atom is 0.129 e. The lowest BCUT2D eigenvalue weighted by Gasteiger charge is -2.46. The molecule has 32 heavy (non-hydrogen) atoms. The number of likely N-dealkylation sites (tertiary alicyclic amines) is 1. The summed E-state index contributed by atoms with van der Waals surface area (Å²) in [6.45, 7) is 6.34. The Labute approximate surface area is 188 Å². The minimum absolute atomic E-state index is 0.367. The number of nitrogens with zero attached hydrogens (tertiary/aromatic N) is 1. The molecule has 2 aromatic carbocycles. The summed E-state index contributed by atoms with van der Waals surface area (Å²) in [5.74, 6) is 1.46. The second-order valence-electron chi connectivity index (χ2n) is 9.44. The number of fused-ring (bicyclic) bond motifs is 2. The zero-order valence-electron chi connectivity index (χ0n) is 19.0. The van der Waals surface area contributed by atoms with Crippen molar-refractivity contribution in [3.05, 3.63) is 58.8 Å². The fraction of sp³-hybridized carbons (Fsp3) is 0.462. The van der Waals surface area contributed by atoms with Crippen LogP contribution in [-0.4, -0.2) is 52.4 Å². The van der Waals surface area contributed by atoms with Crippen molar-refractivity contribution in [2.24, 2.45) is 0 Å². The number of ether oxygens (including phenoxy) is 2. The summed E-state index contributed by atoms with van der Waals surface area (Å²) in [6.07, 6.45) is 1.16. The molecule has 2 aliphatic rings. The summed E-state index contributed by atoms with van der Waals surface area (Å²) in [5.41, 5.74) is 4.76. The molecule has 6 heteroatoms. The Bertz CT molecular complexity index is 1130. The van der Waals surface area contributed by atoms with Crippen LogP contribution in [0, 0.1) is 13.8 Å². The van der Waals surface area contributed by atoms with Gasteiger partial charge in [0.05, 0.1) is 19.3 Å². The fourth-order valence-corrected chi connectivity index (χ4v) is 5.42. The highest BCUT2D eigenvalue weighted by atomic mass is 16.5. The van der Waals surface area contributed by atoms with Crippen LogP contribution in [0.4, 0.5) is 0 Å². The molecule has 3 heterocycles. The van der Waals surface area contributed by atoms with Gasteiger partial charge in [-0.2, -0.15) is 0 Å². The van der Waals surface area contributed by atoms with Crippen LogP contribution in [0.2, 0.25) is 0 Å². The van der Waals surface area contributed by atoms with E-state index in [1.807, 2.05) is 25.1 Å². The molecular weight excluding hydrogens is 404 g/mol. The highest BCUT2D eigenvalue weighted by Gasteiger charge is 2.43. The van der Waals surface area contributed by atoms with Gasteiger partial charge >= 0.3 is 0 Å². The van der Waals surface area contributed by atoms with Crippen molar-refractivity contribution in [2.45, 2.75) is 50.9 Å². The van der Waals surface area contributed by atoms with Crippen molar-refractivity contribution in [3.8, 4) is 11.5 Å². The average Bonchev–Trinajstić information content (AvgIpc) is 3.09. The molecule has 3 N–H and O–H groups in total. The minimum atomic E-state index is -0.552. The molecule has 0 amide bonds. The Morgan fingerprint density at radius 1 is 1.19 bits per heavy atom. The Kier molecular flexibility index (Phi) is 5.40. The van der Waals surface area contributed by atoms with Crippen molar-refractivity contribution in [3.63, 3.8) is 0 Å². The van der Waals surface area contributed by atoms with E-state index < -0.39 is 12.2 Å². The van der Waals surface area contributed by atoms with Crippen LogP contribution in [0.25, 0.3) is 10.9 Å². The van der Waals surface area contributed by atoms with Crippen molar-refractivity contribution in [1.82, 2.24) is 9.88 Å². The second kappa shape index (κ2) is 8.10. The fourth-order valence-electron chi connectivity index (χ4n) is 5.42. The van der Waals surface area contributed by atoms with Gasteiger partial charge in [0.2, 0.25) is 0 Å². The van der Waals surface area contributed by atoms with Gasteiger partial charge in [0, 0.05) is 59.8 Å². The predicted molar refractivity (Wildman–Crippen MR) is 124 cm³/mol. The smallest absolute Gasteiger partial charge is 0.129 e. The van der Waals surface area contributed by atoms with E-state index in [1.54, 1.807) is 7.11 Å². The lowest BCUT2D eigenvalue weighted by Crippen LogP contribution is -2.51. The quantitative estimate of drug-likeness (QED) is 0.572. The van der Waals surface area contributed by atoms with Gasteiger partial charge in [-0.3, -0.25) is 0 Å². The summed E-state index contributed by atoms with van der Waals surface area (Å²) < 4.78 is 11.8. The molecule has 1 fully saturated rings. The van der Waals surface area contributed by atoms with Crippen LogP contribution in [0.3, 0.4) is 0 Å². The van der Waals surface area contributed by atoms with Gasteiger partial charge in [0.1, 0.15) is 17.1 Å². The summed E-state index contributed by atoms with van der Waals surface area (Å²) in [7, 11) is 1.64. The van der Waals surface area contributed by atoms with Gasteiger partial charge in [-0.15, -0.1) is 0 Å². The third-order valence-corrected chi connectivity index (χ3v) is 7.19. The van der Waals surface area contributed by atoms with Gasteiger partial charge in [0.15, 0.2) is 0 Å². The number of aryl methyl sites for hydroxylation is 2. The normalized spacial score (nSPS) is 21.3. The molecule has 5 rings (SSSR count). The average molecular weight is 437 g/mol. The molecule has 1 saturated heterocycles. The molecule has 2 aliphatic heterocycles. The number of rotatable bonds is 4. The van der Waals surface area contributed by atoms with E-state index in [-0.39, 0.29) is 5.60 Å². The van der Waals surface area contributed by atoms with Gasteiger partial charge in [0.25, 0.3) is 0 Å². The maximum atomic E-state index is 11.1. The number of aromatic amines is 1. The number of nitrogens with one attached hydrogen (secondary N) is 1. The standard InChI is InChI=1S/C26H32N2O4/c1-16-4-6-19-21(12-16)27-17(2)25(19)23(30)15-28-10-8-26(9-11-28)14-22(29)20-7-5-18(31-3)13-24(20)32-26/h4-7,12-13,22-23,27,29-30H,8-11,14-15H2,1-3H3/t22-,23-/m0/s1. The van der Waals surface area contributed by atoms with Crippen LogP contribution < -0.4 is 9.47 Å². The zero-order chi connectivity index (χ0) is 22.5. The van der Waals surface area contributed by atoms with Crippen LogP contribution in [0.1, 0.15) is 53.9 Å². The number of hydrogen-bond acceptors (Lipinski definition) is 5. The van der Waals surface area contributed by atoms with Gasteiger partial charge in [-0.25, -0.2) is 0 Å². The zero-order valence-corrected chi connectivity index (χ0v) is 19.0. The summed E-state index contributed by atoms with van der Waals surface area (Å²) in [4.78, 5) is 5.72. The number of methoxy groups -OCH3 is 1. The first-order chi connectivity index (χ1) is 15.4. The number of piperidine rings is 1. The molecule has 3 aromatic rings. The van der Waals surface area contributed by atoms with Gasteiger partial charge in [-0.05, 0) is 50.5 Å². The first kappa shape index (κ1) is 21.3. The van der Waals surface area contributed by atoms with Crippen LogP contribution >= 0.6 is 0 Å². The molecule has 0 radical (unpaired) electrons. The highest BCUT2D eigenvalue weighted by molar-refractivity contribution is 5.85. The number of benzene rings is 2. The third-order valence-electron chi connectivity index (χ3n) is 7.19. The Hall–Kier alpha value is -2.54. The number of aliphatic hydroxyl groups excluding tert-OH is 2. The molecule has 6 nitrogen and oxygen atoms in total. The van der Waals surface area contributed by atoms with E-state index in [0.717, 1.165) is 65.2 Å². The molecule has 170 valence electrons. The van der Waals surface area contributed by atoms with Crippen molar-refractivity contribution < 1.29 is 19.7 Å². The van der Waals surface area contributed by atoms with E-state index >= 15 is 0 Å². The van der Waals surface area contributed by atoms with E-state index in [1.165, 1.54) is 5.56 Å². The molecule has 0 aliphatic carbocycles. The Morgan fingerprint density at radius 3 is 2.72 bits per heavy atom.